The number of carboxylic acids is 1. The second kappa shape index (κ2) is 8.60. The number of ether oxygens (including phenoxy) is 1. The van der Waals surface area contributed by atoms with Gasteiger partial charge in [-0.1, -0.05) is 12.1 Å². The number of aromatic amines is 1. The molecule has 168 valence electrons. The van der Waals surface area contributed by atoms with Crippen LogP contribution in [0.1, 0.15) is 45.9 Å². The number of nitrogens with zero attached hydrogens (tertiary/aromatic N) is 2. The van der Waals surface area contributed by atoms with Gasteiger partial charge in [-0.15, -0.1) is 0 Å². The van der Waals surface area contributed by atoms with Crippen LogP contribution in [0.5, 0.6) is 5.75 Å². The van der Waals surface area contributed by atoms with Crippen LogP contribution in [-0.4, -0.2) is 59.1 Å². The van der Waals surface area contributed by atoms with Crippen molar-refractivity contribution in [2.75, 3.05) is 33.3 Å². The first kappa shape index (κ1) is 21.0. The summed E-state index contributed by atoms with van der Waals surface area (Å²) in [7, 11) is 1.74. The topological polar surface area (TPSA) is 68.8 Å². The molecule has 2 aliphatic rings. The molecule has 0 amide bonds. The van der Waals surface area contributed by atoms with Crippen LogP contribution in [0.2, 0.25) is 0 Å². The number of hydrogen-bond donors (Lipinski definition) is 2. The van der Waals surface area contributed by atoms with Gasteiger partial charge in [0.25, 0.3) is 0 Å². The van der Waals surface area contributed by atoms with Gasteiger partial charge in [-0.3, -0.25) is 9.80 Å². The Morgan fingerprint density at radius 1 is 1.19 bits per heavy atom. The van der Waals surface area contributed by atoms with Crippen molar-refractivity contribution in [3.05, 3.63) is 64.8 Å². The average molecular weight is 434 g/mol. The molecule has 1 saturated heterocycles. The molecule has 2 heterocycles. The molecule has 2 aromatic carbocycles. The number of aryl methyl sites for hydroxylation is 1. The lowest BCUT2D eigenvalue weighted by atomic mass is 9.98. The van der Waals surface area contributed by atoms with E-state index in [2.05, 4.69) is 33.8 Å². The Morgan fingerprint density at radius 2 is 1.97 bits per heavy atom. The zero-order chi connectivity index (χ0) is 22.2. The van der Waals surface area contributed by atoms with Crippen molar-refractivity contribution in [1.29, 1.82) is 0 Å². The van der Waals surface area contributed by atoms with E-state index in [1.165, 1.54) is 41.5 Å². The summed E-state index contributed by atoms with van der Waals surface area (Å²) >= 11 is 0. The summed E-state index contributed by atoms with van der Waals surface area (Å²) in [5.74, 6) is 0.898. The highest BCUT2D eigenvalue weighted by molar-refractivity contribution is 5.88. The van der Waals surface area contributed by atoms with Crippen LogP contribution in [0.3, 0.4) is 0 Å². The zero-order valence-electron chi connectivity index (χ0n) is 18.8. The van der Waals surface area contributed by atoms with Gasteiger partial charge in [-0.25, -0.2) is 4.79 Å². The fourth-order valence-corrected chi connectivity index (χ4v) is 5.05. The second-order valence-electron chi connectivity index (χ2n) is 9.26. The predicted molar refractivity (Wildman–Crippen MR) is 125 cm³/mol. The van der Waals surface area contributed by atoms with Crippen molar-refractivity contribution in [2.24, 2.45) is 5.92 Å². The minimum atomic E-state index is -0.883. The highest BCUT2D eigenvalue weighted by atomic mass is 16.5. The lowest BCUT2D eigenvalue weighted by molar-refractivity contribution is 0.0649. The summed E-state index contributed by atoms with van der Waals surface area (Å²) < 4.78 is 5.79. The number of carboxylic acid groups (broad SMARTS) is 1. The van der Waals surface area contributed by atoms with Gasteiger partial charge in [-0.2, -0.15) is 0 Å². The predicted octanol–water partition coefficient (Wildman–Crippen LogP) is 4.45. The molecule has 32 heavy (non-hydrogen) atoms. The molecule has 1 aliphatic carbocycles. The monoisotopic (exact) mass is 433 g/mol. The number of hydrogen-bond acceptors (Lipinski definition) is 4. The van der Waals surface area contributed by atoms with E-state index < -0.39 is 5.97 Å². The third-order valence-corrected chi connectivity index (χ3v) is 7.02. The van der Waals surface area contributed by atoms with Crippen molar-refractivity contribution in [2.45, 2.75) is 32.4 Å². The van der Waals surface area contributed by atoms with E-state index in [4.69, 9.17) is 4.74 Å². The van der Waals surface area contributed by atoms with Crippen molar-refractivity contribution >= 4 is 16.9 Å². The Labute approximate surface area is 188 Å². The lowest BCUT2D eigenvalue weighted by Gasteiger charge is -2.42. The molecule has 3 aromatic rings. The van der Waals surface area contributed by atoms with Crippen molar-refractivity contribution in [3.63, 3.8) is 0 Å². The fraction of sp³-hybridized carbons (Fsp3) is 0.423. The van der Waals surface area contributed by atoms with E-state index in [1.807, 2.05) is 18.3 Å². The smallest absolute Gasteiger partial charge is 0.335 e. The Kier molecular flexibility index (Phi) is 5.66. The molecule has 6 heteroatoms. The summed E-state index contributed by atoms with van der Waals surface area (Å²) in [4.78, 5) is 19.8. The molecular formula is C26H31N3O3. The third-order valence-electron chi connectivity index (χ3n) is 7.02. The summed E-state index contributed by atoms with van der Waals surface area (Å²) in [5, 5.41) is 10.5. The molecule has 0 radical (unpaired) electrons. The van der Waals surface area contributed by atoms with Gasteiger partial charge in [-0.05, 0) is 61.1 Å². The Balaban J connectivity index is 1.47. The maximum Gasteiger partial charge on any atom is 0.335 e. The Hall–Kier alpha value is -2.83. The maximum absolute atomic E-state index is 11.3. The second-order valence-corrected chi connectivity index (χ2v) is 9.26. The van der Waals surface area contributed by atoms with Gasteiger partial charge in [0.15, 0.2) is 0 Å². The van der Waals surface area contributed by atoms with Crippen molar-refractivity contribution in [1.82, 2.24) is 14.8 Å². The number of piperazine rings is 1. The van der Waals surface area contributed by atoms with Crippen LogP contribution in [-0.2, 0) is 6.54 Å². The average Bonchev–Trinajstić information content (AvgIpc) is 3.47. The molecule has 0 bridgehead atoms. The van der Waals surface area contributed by atoms with Gasteiger partial charge in [0.2, 0.25) is 0 Å². The van der Waals surface area contributed by atoms with Crippen LogP contribution in [0.4, 0.5) is 0 Å². The quantitative estimate of drug-likeness (QED) is 0.576. The number of aromatic nitrogens is 1. The summed E-state index contributed by atoms with van der Waals surface area (Å²) in [6.07, 6.45) is 4.70. The molecular weight excluding hydrogens is 402 g/mol. The van der Waals surface area contributed by atoms with Crippen LogP contribution >= 0.6 is 0 Å². The van der Waals surface area contributed by atoms with E-state index in [9.17, 15) is 9.90 Å². The standard InChI is InChI=1S/C26H31N3O3/c1-17-13-24(32-2)22(21-9-10-27-25(17)21)15-29-12-11-28(14-18-3-4-18)16-23(29)19-5-7-20(8-6-19)26(30)31/h5-10,13,18,23,27H,3-4,11-12,14-16H2,1-2H3,(H,30,31)/t23-/m0/s1. The molecule has 0 unspecified atom stereocenters. The number of aromatic carboxylic acids is 1. The zero-order valence-corrected chi connectivity index (χ0v) is 18.8. The molecule has 1 atom stereocenters. The number of H-pyrrole nitrogens is 1. The molecule has 1 aromatic heterocycles. The highest BCUT2D eigenvalue weighted by Crippen LogP contribution is 2.36. The van der Waals surface area contributed by atoms with Crippen LogP contribution < -0.4 is 4.74 Å². The van der Waals surface area contributed by atoms with Crippen LogP contribution in [0, 0.1) is 12.8 Å². The van der Waals surface area contributed by atoms with Gasteiger partial charge < -0.3 is 14.8 Å². The molecule has 1 aliphatic heterocycles. The third kappa shape index (κ3) is 4.12. The number of fused-ring (bicyclic) bond motifs is 1. The SMILES string of the molecule is COc1cc(C)c2[nH]ccc2c1CN1CCN(CC2CC2)C[C@H]1c1ccc(C(=O)O)cc1. The van der Waals surface area contributed by atoms with E-state index >= 15 is 0 Å². The molecule has 2 N–H and O–H groups in total. The Morgan fingerprint density at radius 3 is 2.66 bits per heavy atom. The largest absolute Gasteiger partial charge is 0.496 e. The number of rotatable bonds is 7. The molecule has 2 fully saturated rings. The lowest BCUT2D eigenvalue weighted by Crippen LogP contribution is -2.48. The first-order valence-corrected chi connectivity index (χ1v) is 11.5. The summed E-state index contributed by atoms with van der Waals surface area (Å²) in [6.45, 7) is 7.07. The van der Waals surface area contributed by atoms with Gasteiger partial charge in [0, 0.05) is 61.4 Å². The molecule has 6 nitrogen and oxygen atoms in total. The number of nitrogens with one attached hydrogen (secondary N) is 1. The number of benzene rings is 2. The fourth-order valence-electron chi connectivity index (χ4n) is 5.05. The summed E-state index contributed by atoms with van der Waals surface area (Å²) in [6, 6.07) is 11.9. The number of methoxy groups -OCH3 is 1. The minimum absolute atomic E-state index is 0.213. The van der Waals surface area contributed by atoms with E-state index in [1.54, 1.807) is 19.2 Å². The normalized spacial score (nSPS) is 20.0. The van der Waals surface area contributed by atoms with E-state index in [0.717, 1.165) is 43.4 Å². The Bertz CT molecular complexity index is 1120. The van der Waals surface area contributed by atoms with Gasteiger partial charge in [0.05, 0.1) is 12.7 Å². The highest BCUT2D eigenvalue weighted by Gasteiger charge is 2.32. The van der Waals surface area contributed by atoms with Crippen LogP contribution in [0.25, 0.3) is 10.9 Å². The van der Waals surface area contributed by atoms with Gasteiger partial charge >= 0.3 is 5.97 Å². The van der Waals surface area contributed by atoms with E-state index in [0.29, 0.717) is 5.56 Å². The van der Waals surface area contributed by atoms with Crippen molar-refractivity contribution in [3.8, 4) is 5.75 Å². The molecule has 1 saturated carbocycles. The first-order chi connectivity index (χ1) is 15.5. The summed E-state index contributed by atoms with van der Waals surface area (Å²) in [5.41, 5.74) is 5.06. The van der Waals surface area contributed by atoms with Crippen molar-refractivity contribution < 1.29 is 14.6 Å². The minimum Gasteiger partial charge on any atom is -0.496 e. The number of carbonyl (C=O) groups is 1. The van der Waals surface area contributed by atoms with Crippen LogP contribution in [0.15, 0.2) is 42.6 Å². The first-order valence-electron chi connectivity index (χ1n) is 11.5. The molecule has 5 rings (SSSR count). The molecule has 0 spiro atoms. The maximum atomic E-state index is 11.3. The van der Waals surface area contributed by atoms with Gasteiger partial charge in [0.1, 0.15) is 5.75 Å². The van der Waals surface area contributed by atoms with E-state index in [-0.39, 0.29) is 6.04 Å².